The molecule has 0 aromatic carbocycles. The second kappa shape index (κ2) is 6.17. The van der Waals surface area contributed by atoms with Crippen molar-refractivity contribution in [2.75, 3.05) is 0 Å². The number of nitrogens with one attached hydrogen (secondary N) is 2. The van der Waals surface area contributed by atoms with E-state index in [9.17, 15) is 14.4 Å². The molecule has 104 valence electrons. The molecule has 3 N–H and O–H groups in total. The van der Waals surface area contributed by atoms with E-state index >= 15 is 0 Å². The highest BCUT2D eigenvalue weighted by atomic mass is 16.4. The maximum absolute atomic E-state index is 11.9. The fourth-order valence-corrected chi connectivity index (χ4v) is 1.65. The number of rotatable bonds is 5. The molecule has 1 amide bonds. The fourth-order valence-electron chi connectivity index (χ4n) is 1.65. The lowest BCUT2D eigenvalue weighted by Crippen LogP contribution is -2.46. The van der Waals surface area contributed by atoms with Gasteiger partial charge in [-0.05, 0) is 12.8 Å². The van der Waals surface area contributed by atoms with Crippen LogP contribution < -0.4 is 10.7 Å². The van der Waals surface area contributed by atoms with Crippen LogP contribution in [0.1, 0.15) is 36.3 Å². The topological polar surface area (TPSA) is 99.3 Å². The molecule has 0 saturated carbocycles. The van der Waals surface area contributed by atoms with Gasteiger partial charge in [0.25, 0.3) is 5.91 Å². The van der Waals surface area contributed by atoms with Gasteiger partial charge in [-0.25, -0.2) is 4.79 Å². The Hall–Kier alpha value is -2.11. The first-order chi connectivity index (χ1) is 8.86. The molecule has 1 rings (SSSR count). The molecule has 0 spiro atoms. The summed E-state index contributed by atoms with van der Waals surface area (Å²) in [5.41, 5.74) is 0.125. The van der Waals surface area contributed by atoms with Gasteiger partial charge in [-0.2, -0.15) is 0 Å². The average molecular weight is 266 g/mol. The number of hydrogen-bond donors (Lipinski definition) is 3. The van der Waals surface area contributed by atoms with E-state index in [1.165, 1.54) is 12.3 Å². The Morgan fingerprint density at radius 3 is 2.58 bits per heavy atom. The summed E-state index contributed by atoms with van der Waals surface area (Å²) in [5.74, 6) is -1.99. The summed E-state index contributed by atoms with van der Waals surface area (Å²) in [4.78, 5) is 37.4. The number of pyridine rings is 1. The molecule has 2 atom stereocenters. The Morgan fingerprint density at radius 2 is 2.11 bits per heavy atom. The lowest BCUT2D eigenvalue weighted by molar-refractivity contribution is -0.140. The Kier molecular flexibility index (Phi) is 4.86. The van der Waals surface area contributed by atoms with Crippen molar-refractivity contribution in [1.82, 2.24) is 10.3 Å². The number of aromatic nitrogens is 1. The quantitative estimate of drug-likeness (QED) is 0.737. The molecule has 6 nitrogen and oxygen atoms in total. The number of carboxylic acids is 1. The summed E-state index contributed by atoms with van der Waals surface area (Å²) in [6.07, 6.45) is 1.91. The predicted octanol–water partition coefficient (Wildman–Crippen LogP) is 0.912. The van der Waals surface area contributed by atoms with Crippen molar-refractivity contribution in [2.24, 2.45) is 5.92 Å². The van der Waals surface area contributed by atoms with Gasteiger partial charge in [0.05, 0.1) is 0 Å². The first kappa shape index (κ1) is 14.9. The van der Waals surface area contributed by atoms with Gasteiger partial charge in [-0.3, -0.25) is 9.59 Å². The first-order valence-corrected chi connectivity index (χ1v) is 6.09. The van der Waals surface area contributed by atoms with E-state index in [0.29, 0.717) is 12.1 Å². The molecule has 0 bridgehead atoms. The highest BCUT2D eigenvalue weighted by Crippen LogP contribution is 2.08. The highest BCUT2D eigenvalue weighted by Gasteiger charge is 2.26. The van der Waals surface area contributed by atoms with Crippen LogP contribution in [0, 0.1) is 12.8 Å². The molecule has 19 heavy (non-hydrogen) atoms. The number of carbonyl (C=O) groups is 2. The molecule has 0 saturated heterocycles. The molecule has 0 radical (unpaired) electrons. The van der Waals surface area contributed by atoms with Crippen LogP contribution in [0.5, 0.6) is 0 Å². The Labute approximate surface area is 110 Å². The zero-order valence-electron chi connectivity index (χ0n) is 11.2. The van der Waals surface area contributed by atoms with E-state index in [1.54, 1.807) is 13.8 Å². The molecule has 0 aliphatic carbocycles. The van der Waals surface area contributed by atoms with Gasteiger partial charge in [-0.15, -0.1) is 0 Å². The third-order valence-corrected chi connectivity index (χ3v) is 3.07. The maximum Gasteiger partial charge on any atom is 0.326 e. The van der Waals surface area contributed by atoms with Crippen LogP contribution in [0.25, 0.3) is 0 Å². The summed E-state index contributed by atoms with van der Waals surface area (Å²) < 4.78 is 0. The van der Waals surface area contributed by atoms with E-state index < -0.39 is 23.3 Å². The monoisotopic (exact) mass is 266 g/mol. The molecule has 0 fully saturated rings. The Morgan fingerprint density at radius 1 is 1.47 bits per heavy atom. The molecule has 0 aliphatic rings. The van der Waals surface area contributed by atoms with E-state index in [4.69, 9.17) is 5.11 Å². The lowest BCUT2D eigenvalue weighted by atomic mass is 9.99. The van der Waals surface area contributed by atoms with Crippen molar-refractivity contribution < 1.29 is 14.7 Å². The average Bonchev–Trinajstić information content (AvgIpc) is 2.34. The number of amides is 1. The number of aromatic amines is 1. The number of aliphatic carboxylic acids is 1. The van der Waals surface area contributed by atoms with Crippen LogP contribution in [0.3, 0.4) is 0 Å². The molecule has 1 aromatic rings. The van der Waals surface area contributed by atoms with Gasteiger partial charge in [0.15, 0.2) is 5.43 Å². The number of carboxylic acid groups (broad SMARTS) is 1. The van der Waals surface area contributed by atoms with Crippen LogP contribution in [0.4, 0.5) is 0 Å². The maximum atomic E-state index is 11.9. The van der Waals surface area contributed by atoms with Crippen molar-refractivity contribution >= 4 is 11.9 Å². The SMILES string of the molecule is CC[C@H](C)[C@H](NC(=O)c1c[nH]c(C)cc1=O)C(=O)O. The van der Waals surface area contributed by atoms with Gasteiger partial charge in [0, 0.05) is 18.0 Å². The van der Waals surface area contributed by atoms with Gasteiger partial charge in [0.1, 0.15) is 11.6 Å². The molecule has 0 unspecified atom stereocenters. The van der Waals surface area contributed by atoms with Gasteiger partial charge in [0.2, 0.25) is 0 Å². The van der Waals surface area contributed by atoms with Crippen molar-refractivity contribution in [1.29, 1.82) is 0 Å². The summed E-state index contributed by atoms with van der Waals surface area (Å²) in [5, 5.41) is 11.5. The summed E-state index contributed by atoms with van der Waals surface area (Å²) in [6.45, 7) is 5.27. The van der Waals surface area contributed by atoms with E-state index in [0.717, 1.165) is 0 Å². The molecule has 6 heteroatoms. The first-order valence-electron chi connectivity index (χ1n) is 6.09. The molecule has 0 aliphatic heterocycles. The Bertz CT molecular complexity index is 536. The lowest BCUT2D eigenvalue weighted by Gasteiger charge is -2.19. The summed E-state index contributed by atoms with van der Waals surface area (Å²) in [6, 6.07) is 0.298. The van der Waals surface area contributed by atoms with Crippen molar-refractivity contribution in [3.8, 4) is 0 Å². The molecular formula is C13H18N2O4. The number of aryl methyl sites for hydroxylation is 1. The van der Waals surface area contributed by atoms with Crippen LogP contribution in [-0.2, 0) is 4.79 Å². The van der Waals surface area contributed by atoms with Crippen molar-refractivity contribution in [2.45, 2.75) is 33.2 Å². The number of hydrogen-bond acceptors (Lipinski definition) is 3. The van der Waals surface area contributed by atoms with Crippen molar-refractivity contribution in [3.63, 3.8) is 0 Å². The second-order valence-electron chi connectivity index (χ2n) is 4.57. The van der Waals surface area contributed by atoms with Gasteiger partial charge < -0.3 is 15.4 Å². The minimum Gasteiger partial charge on any atom is -0.480 e. The zero-order valence-corrected chi connectivity index (χ0v) is 11.2. The third-order valence-electron chi connectivity index (χ3n) is 3.07. The van der Waals surface area contributed by atoms with Crippen LogP contribution in [0.15, 0.2) is 17.1 Å². The van der Waals surface area contributed by atoms with E-state index in [2.05, 4.69) is 10.3 Å². The molecule has 1 aromatic heterocycles. The van der Waals surface area contributed by atoms with Crippen LogP contribution in [0.2, 0.25) is 0 Å². The molecular weight excluding hydrogens is 248 g/mol. The van der Waals surface area contributed by atoms with Gasteiger partial charge >= 0.3 is 5.97 Å². The zero-order chi connectivity index (χ0) is 14.6. The Balaban J connectivity index is 2.94. The summed E-state index contributed by atoms with van der Waals surface area (Å²) in [7, 11) is 0. The van der Waals surface area contributed by atoms with Gasteiger partial charge in [-0.1, -0.05) is 20.3 Å². The van der Waals surface area contributed by atoms with E-state index in [1.807, 2.05) is 6.92 Å². The summed E-state index contributed by atoms with van der Waals surface area (Å²) >= 11 is 0. The number of carbonyl (C=O) groups excluding carboxylic acids is 1. The fraction of sp³-hybridized carbons (Fsp3) is 0.462. The van der Waals surface area contributed by atoms with E-state index in [-0.39, 0.29) is 11.5 Å². The highest BCUT2D eigenvalue weighted by molar-refractivity contribution is 5.96. The number of H-pyrrole nitrogens is 1. The smallest absolute Gasteiger partial charge is 0.326 e. The minimum absolute atomic E-state index is 0.0832. The predicted molar refractivity (Wildman–Crippen MR) is 70.1 cm³/mol. The van der Waals surface area contributed by atoms with Crippen molar-refractivity contribution in [3.05, 3.63) is 33.7 Å². The normalized spacial score (nSPS) is 13.6. The van der Waals surface area contributed by atoms with Crippen LogP contribution >= 0.6 is 0 Å². The van der Waals surface area contributed by atoms with Crippen LogP contribution in [-0.4, -0.2) is 28.0 Å². The third kappa shape index (κ3) is 3.67. The standard InChI is InChI=1S/C13H18N2O4/c1-4-7(2)11(13(18)19)15-12(17)9-6-14-8(3)5-10(9)16/h5-7,11H,4H2,1-3H3,(H,14,16)(H,15,17)(H,18,19)/t7-,11-/m0/s1. The second-order valence-corrected chi connectivity index (χ2v) is 4.57. The largest absolute Gasteiger partial charge is 0.480 e. The molecule has 1 heterocycles. The minimum atomic E-state index is -1.11.